The number of thiazole rings is 1. The van der Waals surface area contributed by atoms with Crippen LogP contribution in [0.25, 0.3) is 0 Å². The molecule has 0 aliphatic rings. The number of non-ortho nitro benzene ring substituents is 1. The van der Waals surface area contributed by atoms with Crippen LogP contribution in [0.3, 0.4) is 0 Å². The van der Waals surface area contributed by atoms with Gasteiger partial charge in [-0.05, 0) is 22.0 Å². The van der Waals surface area contributed by atoms with Crippen LogP contribution in [0.5, 0.6) is 5.75 Å². The predicted molar refractivity (Wildman–Crippen MR) is 71.7 cm³/mol. The number of nitrogens with zero attached hydrogens (tertiary/aromatic N) is 2. The Bertz CT molecular complexity index is 587. The van der Waals surface area contributed by atoms with Crippen molar-refractivity contribution < 1.29 is 9.66 Å². The zero-order valence-corrected chi connectivity index (χ0v) is 11.4. The molecule has 2 rings (SSSR count). The molecule has 0 aliphatic carbocycles. The summed E-state index contributed by atoms with van der Waals surface area (Å²) in [4.78, 5) is 14.9. The quantitative estimate of drug-likeness (QED) is 0.687. The molecular formula is C10H8BrN3O3S. The average Bonchev–Trinajstić information content (AvgIpc) is 2.74. The summed E-state index contributed by atoms with van der Waals surface area (Å²) >= 11 is 4.59. The molecule has 0 saturated carbocycles. The number of hydrogen-bond acceptors (Lipinski definition) is 6. The number of benzene rings is 1. The van der Waals surface area contributed by atoms with Crippen molar-refractivity contribution in [3.8, 4) is 5.75 Å². The van der Waals surface area contributed by atoms with Gasteiger partial charge in [0.25, 0.3) is 5.69 Å². The molecule has 0 unspecified atom stereocenters. The van der Waals surface area contributed by atoms with Crippen LogP contribution in [0.1, 0.15) is 4.88 Å². The van der Waals surface area contributed by atoms with Crippen molar-refractivity contribution in [1.82, 2.24) is 4.98 Å². The van der Waals surface area contributed by atoms with E-state index in [4.69, 9.17) is 10.5 Å². The first kappa shape index (κ1) is 12.8. The fourth-order valence-electron chi connectivity index (χ4n) is 1.25. The van der Waals surface area contributed by atoms with Gasteiger partial charge >= 0.3 is 0 Å². The third kappa shape index (κ3) is 2.96. The van der Waals surface area contributed by atoms with Crippen molar-refractivity contribution in [3.05, 3.63) is 43.9 Å². The highest BCUT2D eigenvalue weighted by Crippen LogP contribution is 2.30. The van der Waals surface area contributed by atoms with E-state index in [1.165, 1.54) is 23.5 Å². The molecule has 0 bridgehead atoms. The highest BCUT2D eigenvalue weighted by molar-refractivity contribution is 9.10. The maximum Gasteiger partial charge on any atom is 0.273 e. The zero-order valence-electron chi connectivity index (χ0n) is 9.00. The summed E-state index contributed by atoms with van der Waals surface area (Å²) in [7, 11) is 0. The zero-order chi connectivity index (χ0) is 13.1. The molecular weight excluding hydrogens is 322 g/mol. The van der Waals surface area contributed by atoms with Gasteiger partial charge in [-0.1, -0.05) is 11.3 Å². The second kappa shape index (κ2) is 5.32. The molecule has 0 amide bonds. The van der Waals surface area contributed by atoms with E-state index in [0.717, 1.165) is 4.88 Å². The average molecular weight is 330 g/mol. The van der Waals surface area contributed by atoms with Crippen LogP contribution in [-0.4, -0.2) is 9.91 Å². The molecule has 2 aromatic rings. The summed E-state index contributed by atoms with van der Waals surface area (Å²) in [6.45, 7) is 0.272. The lowest BCUT2D eigenvalue weighted by atomic mass is 10.3. The van der Waals surface area contributed by atoms with Gasteiger partial charge in [0, 0.05) is 12.3 Å². The summed E-state index contributed by atoms with van der Waals surface area (Å²) < 4.78 is 6.15. The van der Waals surface area contributed by atoms with E-state index in [2.05, 4.69) is 20.9 Å². The van der Waals surface area contributed by atoms with E-state index in [-0.39, 0.29) is 12.3 Å². The fraction of sp³-hybridized carbons (Fsp3) is 0.100. The molecule has 6 nitrogen and oxygen atoms in total. The predicted octanol–water partition coefficient (Wildman–Crippen LogP) is 2.98. The maximum atomic E-state index is 10.7. The van der Waals surface area contributed by atoms with Crippen molar-refractivity contribution in [2.45, 2.75) is 6.61 Å². The van der Waals surface area contributed by atoms with E-state index in [0.29, 0.717) is 15.4 Å². The Morgan fingerprint density at radius 1 is 1.56 bits per heavy atom. The van der Waals surface area contributed by atoms with E-state index in [1.807, 2.05) is 0 Å². The van der Waals surface area contributed by atoms with E-state index in [9.17, 15) is 10.1 Å². The van der Waals surface area contributed by atoms with Gasteiger partial charge < -0.3 is 10.5 Å². The number of ether oxygens (including phenoxy) is 1. The molecule has 18 heavy (non-hydrogen) atoms. The molecule has 1 aromatic heterocycles. The van der Waals surface area contributed by atoms with Crippen LogP contribution >= 0.6 is 27.3 Å². The Morgan fingerprint density at radius 2 is 2.33 bits per heavy atom. The number of nitro benzene ring substituents is 1. The molecule has 2 N–H and O–H groups in total. The lowest BCUT2D eigenvalue weighted by Crippen LogP contribution is -1.95. The SMILES string of the molecule is Nc1ncc(COc2cc([N+](=O)[O-])ccc2Br)s1. The van der Waals surface area contributed by atoms with Gasteiger partial charge in [-0.3, -0.25) is 10.1 Å². The van der Waals surface area contributed by atoms with Crippen LogP contribution < -0.4 is 10.5 Å². The van der Waals surface area contributed by atoms with Crippen LogP contribution in [0.4, 0.5) is 10.8 Å². The molecule has 1 aromatic carbocycles. The lowest BCUT2D eigenvalue weighted by Gasteiger charge is -2.06. The second-order valence-electron chi connectivity index (χ2n) is 3.33. The summed E-state index contributed by atoms with van der Waals surface area (Å²) in [5, 5.41) is 11.1. The van der Waals surface area contributed by atoms with E-state index < -0.39 is 4.92 Å². The lowest BCUT2D eigenvalue weighted by molar-refractivity contribution is -0.385. The molecule has 0 saturated heterocycles. The minimum atomic E-state index is -0.468. The van der Waals surface area contributed by atoms with Gasteiger partial charge in [0.15, 0.2) is 5.13 Å². The Kier molecular flexibility index (Phi) is 3.78. The summed E-state index contributed by atoms with van der Waals surface area (Å²) in [5.74, 6) is 0.413. The number of hydrogen-bond donors (Lipinski definition) is 1. The van der Waals surface area contributed by atoms with Crippen molar-refractivity contribution in [2.24, 2.45) is 0 Å². The van der Waals surface area contributed by atoms with Crippen LogP contribution in [-0.2, 0) is 6.61 Å². The van der Waals surface area contributed by atoms with Gasteiger partial charge in [-0.2, -0.15) is 0 Å². The largest absolute Gasteiger partial charge is 0.487 e. The first-order valence-corrected chi connectivity index (χ1v) is 6.44. The van der Waals surface area contributed by atoms with Crippen LogP contribution in [0.2, 0.25) is 0 Å². The standard InChI is InChI=1S/C10H8BrN3O3S/c11-8-2-1-6(14(15)16)3-9(8)17-5-7-4-13-10(12)18-7/h1-4H,5H2,(H2,12,13). The summed E-state index contributed by atoms with van der Waals surface area (Å²) in [5.41, 5.74) is 5.48. The Hall–Kier alpha value is -1.67. The van der Waals surface area contributed by atoms with Crippen molar-refractivity contribution >= 4 is 38.1 Å². The first-order chi connectivity index (χ1) is 8.56. The molecule has 1 heterocycles. The third-order valence-electron chi connectivity index (χ3n) is 2.07. The molecule has 0 spiro atoms. The number of rotatable bonds is 4. The van der Waals surface area contributed by atoms with Crippen molar-refractivity contribution in [2.75, 3.05) is 5.73 Å². The van der Waals surface area contributed by atoms with Crippen molar-refractivity contribution in [3.63, 3.8) is 0 Å². The fourth-order valence-corrected chi connectivity index (χ4v) is 2.21. The van der Waals surface area contributed by atoms with Gasteiger partial charge in [0.05, 0.1) is 20.3 Å². The monoisotopic (exact) mass is 329 g/mol. The molecule has 0 fully saturated rings. The Labute approximate surface area is 115 Å². The van der Waals surface area contributed by atoms with Crippen LogP contribution in [0.15, 0.2) is 28.9 Å². The maximum absolute atomic E-state index is 10.7. The van der Waals surface area contributed by atoms with Gasteiger partial charge in [-0.25, -0.2) is 4.98 Å². The molecule has 8 heteroatoms. The van der Waals surface area contributed by atoms with Gasteiger partial charge in [0.1, 0.15) is 12.4 Å². The minimum Gasteiger partial charge on any atom is -0.487 e. The van der Waals surface area contributed by atoms with E-state index in [1.54, 1.807) is 12.3 Å². The van der Waals surface area contributed by atoms with Gasteiger partial charge in [-0.15, -0.1) is 0 Å². The second-order valence-corrected chi connectivity index (χ2v) is 5.33. The van der Waals surface area contributed by atoms with E-state index >= 15 is 0 Å². The molecule has 0 radical (unpaired) electrons. The van der Waals surface area contributed by atoms with Crippen molar-refractivity contribution in [1.29, 1.82) is 0 Å². The summed E-state index contributed by atoms with van der Waals surface area (Å²) in [6.07, 6.45) is 1.62. The smallest absolute Gasteiger partial charge is 0.273 e. The summed E-state index contributed by atoms with van der Waals surface area (Å²) in [6, 6.07) is 4.35. The number of aromatic nitrogens is 1. The number of nitrogen functional groups attached to an aromatic ring is 1. The Balaban J connectivity index is 2.13. The first-order valence-electron chi connectivity index (χ1n) is 4.83. The highest BCUT2D eigenvalue weighted by atomic mass is 79.9. The molecule has 94 valence electrons. The highest BCUT2D eigenvalue weighted by Gasteiger charge is 2.11. The number of nitro groups is 1. The third-order valence-corrected chi connectivity index (χ3v) is 3.52. The molecule has 0 atom stereocenters. The van der Waals surface area contributed by atoms with Gasteiger partial charge in [0.2, 0.25) is 0 Å². The number of anilines is 1. The number of nitrogens with two attached hydrogens (primary N) is 1. The Morgan fingerprint density at radius 3 is 2.94 bits per heavy atom. The van der Waals surface area contributed by atoms with Crippen LogP contribution in [0, 0.1) is 10.1 Å². The topological polar surface area (TPSA) is 91.3 Å². The normalized spacial score (nSPS) is 10.3. The minimum absolute atomic E-state index is 0.0166. The number of halogens is 1. The molecule has 0 aliphatic heterocycles.